The molecule has 2 aromatic carbocycles. The predicted octanol–water partition coefficient (Wildman–Crippen LogP) is 5.14. The molecule has 1 atom stereocenters. The number of nitrogens with one attached hydrogen (secondary N) is 1. The lowest BCUT2D eigenvalue weighted by atomic mass is 10.2. The molecule has 0 aliphatic rings. The van der Waals surface area contributed by atoms with Crippen molar-refractivity contribution in [2.45, 2.75) is 30.3 Å². The molecular formula is C24H20ClFN4O2S. The summed E-state index contributed by atoms with van der Waals surface area (Å²) in [5.74, 6) is -0.653. The van der Waals surface area contributed by atoms with Crippen LogP contribution in [0.15, 0.2) is 76.8 Å². The van der Waals surface area contributed by atoms with E-state index in [1.807, 2.05) is 25.1 Å². The van der Waals surface area contributed by atoms with Crippen molar-refractivity contribution in [3.05, 3.63) is 93.6 Å². The number of hydrogen-bond acceptors (Lipinski definition) is 5. The van der Waals surface area contributed by atoms with Crippen LogP contribution in [0, 0.1) is 5.82 Å². The first kappa shape index (κ1) is 22.9. The summed E-state index contributed by atoms with van der Waals surface area (Å²) in [6.45, 7) is 2.08. The van der Waals surface area contributed by atoms with E-state index in [-0.39, 0.29) is 23.8 Å². The number of carbonyl (C=O) groups is 1. The maximum Gasteiger partial charge on any atom is 0.263 e. The number of anilines is 1. The number of halogens is 2. The Kier molecular flexibility index (Phi) is 7.05. The van der Waals surface area contributed by atoms with Gasteiger partial charge in [0.15, 0.2) is 10.8 Å². The lowest BCUT2D eigenvalue weighted by Gasteiger charge is -2.18. The van der Waals surface area contributed by atoms with Gasteiger partial charge in [-0.25, -0.2) is 14.4 Å². The molecule has 0 fully saturated rings. The zero-order valence-electron chi connectivity index (χ0n) is 17.7. The molecule has 168 valence electrons. The molecule has 0 radical (unpaired) electrons. The van der Waals surface area contributed by atoms with E-state index in [2.05, 4.69) is 15.3 Å². The van der Waals surface area contributed by atoms with E-state index < -0.39 is 5.25 Å². The fourth-order valence-electron chi connectivity index (χ4n) is 3.27. The molecular weight excluding hydrogens is 463 g/mol. The average molecular weight is 483 g/mol. The van der Waals surface area contributed by atoms with Crippen LogP contribution in [-0.2, 0) is 11.3 Å². The summed E-state index contributed by atoms with van der Waals surface area (Å²) < 4.78 is 14.7. The minimum absolute atomic E-state index is 0.203. The molecule has 2 heterocycles. The molecule has 0 unspecified atom stereocenters. The van der Waals surface area contributed by atoms with Gasteiger partial charge in [0.1, 0.15) is 5.82 Å². The first-order valence-electron chi connectivity index (χ1n) is 10.3. The average Bonchev–Trinajstić information content (AvgIpc) is 2.82. The molecule has 2 aromatic heterocycles. The molecule has 1 amide bonds. The van der Waals surface area contributed by atoms with Crippen molar-refractivity contribution in [3.63, 3.8) is 0 Å². The van der Waals surface area contributed by atoms with E-state index in [1.165, 1.54) is 40.6 Å². The molecule has 33 heavy (non-hydrogen) atoms. The minimum atomic E-state index is -0.541. The lowest BCUT2D eigenvalue weighted by Crippen LogP contribution is -2.28. The van der Waals surface area contributed by atoms with E-state index in [4.69, 9.17) is 11.6 Å². The number of thioether (sulfide) groups is 1. The van der Waals surface area contributed by atoms with Gasteiger partial charge in [-0.2, -0.15) is 0 Å². The summed E-state index contributed by atoms with van der Waals surface area (Å²) >= 11 is 7.52. The molecule has 0 aliphatic carbocycles. The Bertz CT molecular complexity index is 1360. The molecule has 0 saturated heterocycles. The van der Waals surface area contributed by atoms with Crippen LogP contribution in [0.25, 0.3) is 11.0 Å². The molecule has 0 saturated carbocycles. The van der Waals surface area contributed by atoms with Gasteiger partial charge >= 0.3 is 0 Å². The number of nitrogens with zero attached hydrogens (tertiary/aromatic N) is 3. The summed E-state index contributed by atoms with van der Waals surface area (Å²) in [5, 5.41) is 3.54. The fraction of sp³-hybridized carbons (Fsp3) is 0.167. The summed E-state index contributed by atoms with van der Waals surface area (Å²) in [7, 11) is 0. The molecule has 0 bridgehead atoms. The van der Waals surface area contributed by atoms with E-state index >= 15 is 0 Å². The zero-order valence-corrected chi connectivity index (χ0v) is 19.2. The van der Waals surface area contributed by atoms with Crippen molar-refractivity contribution in [2.24, 2.45) is 0 Å². The normalized spacial score (nSPS) is 12.0. The van der Waals surface area contributed by atoms with Crippen molar-refractivity contribution in [1.82, 2.24) is 14.5 Å². The molecule has 0 spiro atoms. The molecule has 4 rings (SSSR count). The van der Waals surface area contributed by atoms with Gasteiger partial charge in [-0.15, -0.1) is 0 Å². The Morgan fingerprint density at radius 3 is 2.64 bits per heavy atom. The largest absolute Gasteiger partial charge is 0.325 e. The number of carbonyl (C=O) groups excluding carboxylic acids is 1. The Morgan fingerprint density at radius 1 is 1.15 bits per heavy atom. The maximum atomic E-state index is 13.3. The number of benzene rings is 2. The van der Waals surface area contributed by atoms with Gasteiger partial charge in [0, 0.05) is 16.9 Å². The van der Waals surface area contributed by atoms with Crippen LogP contribution in [0.2, 0.25) is 5.02 Å². The van der Waals surface area contributed by atoms with Gasteiger partial charge < -0.3 is 5.32 Å². The Labute approximate surface area is 198 Å². The van der Waals surface area contributed by atoms with Crippen LogP contribution >= 0.6 is 23.4 Å². The standard InChI is InChI=1S/C24H20ClFN4O2S/c1-2-20(22(31)28-17-11-9-16(26)10-12-17)33-24-29-21-18(7-5-13-27-21)23(32)30(24)14-15-6-3-4-8-19(15)25/h3-13,20H,2,14H2,1H3,(H,28,31)/t20-/m0/s1. The molecule has 1 N–H and O–H groups in total. The second-order valence-electron chi connectivity index (χ2n) is 7.26. The first-order valence-corrected chi connectivity index (χ1v) is 11.5. The fourth-order valence-corrected chi connectivity index (χ4v) is 4.46. The number of hydrogen-bond donors (Lipinski definition) is 1. The van der Waals surface area contributed by atoms with E-state index in [1.54, 1.807) is 24.4 Å². The number of aromatic nitrogens is 3. The summed E-state index contributed by atoms with van der Waals surface area (Å²) in [6.07, 6.45) is 2.06. The highest BCUT2D eigenvalue weighted by molar-refractivity contribution is 8.00. The number of pyridine rings is 1. The lowest BCUT2D eigenvalue weighted by molar-refractivity contribution is -0.115. The molecule has 0 aliphatic heterocycles. The van der Waals surface area contributed by atoms with Crippen LogP contribution in [-0.4, -0.2) is 25.7 Å². The van der Waals surface area contributed by atoms with Crippen molar-refractivity contribution in [3.8, 4) is 0 Å². The summed E-state index contributed by atoms with van der Waals surface area (Å²) in [5.41, 5.74) is 1.30. The number of amides is 1. The molecule has 9 heteroatoms. The maximum absolute atomic E-state index is 13.3. The van der Waals surface area contributed by atoms with Crippen molar-refractivity contribution in [2.75, 3.05) is 5.32 Å². The van der Waals surface area contributed by atoms with Gasteiger partial charge in [0.2, 0.25) is 5.91 Å². The van der Waals surface area contributed by atoms with E-state index in [0.717, 1.165) is 5.56 Å². The smallest absolute Gasteiger partial charge is 0.263 e. The number of rotatable bonds is 7. The highest BCUT2D eigenvalue weighted by Gasteiger charge is 2.23. The van der Waals surface area contributed by atoms with Gasteiger partial charge in [-0.3, -0.25) is 14.2 Å². The van der Waals surface area contributed by atoms with Crippen LogP contribution in [0.5, 0.6) is 0 Å². The van der Waals surface area contributed by atoms with E-state index in [0.29, 0.717) is 33.3 Å². The van der Waals surface area contributed by atoms with Crippen LogP contribution < -0.4 is 10.9 Å². The third kappa shape index (κ3) is 5.23. The van der Waals surface area contributed by atoms with Crippen LogP contribution in [0.4, 0.5) is 10.1 Å². The van der Waals surface area contributed by atoms with Gasteiger partial charge in [-0.05, 0) is 54.4 Å². The Hall–Kier alpha value is -3.23. The molecule has 4 aromatic rings. The topological polar surface area (TPSA) is 76.9 Å². The quantitative estimate of drug-likeness (QED) is 0.291. The van der Waals surface area contributed by atoms with Crippen LogP contribution in [0.3, 0.4) is 0 Å². The van der Waals surface area contributed by atoms with Gasteiger partial charge in [0.25, 0.3) is 5.56 Å². The molecule has 6 nitrogen and oxygen atoms in total. The minimum Gasteiger partial charge on any atom is -0.325 e. The monoisotopic (exact) mass is 482 g/mol. The zero-order chi connectivity index (χ0) is 23.4. The van der Waals surface area contributed by atoms with Crippen molar-refractivity contribution < 1.29 is 9.18 Å². The van der Waals surface area contributed by atoms with Gasteiger partial charge in [-0.1, -0.05) is 48.5 Å². The summed E-state index contributed by atoms with van der Waals surface area (Å²) in [4.78, 5) is 35.1. The second-order valence-corrected chi connectivity index (χ2v) is 8.84. The van der Waals surface area contributed by atoms with Gasteiger partial charge in [0.05, 0.1) is 17.2 Å². The second kappa shape index (κ2) is 10.1. The first-order chi connectivity index (χ1) is 16.0. The highest BCUT2D eigenvalue weighted by atomic mass is 35.5. The van der Waals surface area contributed by atoms with Crippen LogP contribution in [0.1, 0.15) is 18.9 Å². The van der Waals surface area contributed by atoms with Crippen molar-refractivity contribution in [1.29, 1.82) is 0 Å². The third-order valence-corrected chi connectivity index (χ3v) is 6.73. The van der Waals surface area contributed by atoms with Crippen molar-refractivity contribution >= 4 is 46.0 Å². The third-order valence-electron chi connectivity index (χ3n) is 5.00. The van der Waals surface area contributed by atoms with E-state index in [9.17, 15) is 14.0 Å². The Balaban J connectivity index is 1.70. The summed E-state index contributed by atoms with van der Waals surface area (Å²) in [6, 6.07) is 16.2. The Morgan fingerprint density at radius 2 is 1.91 bits per heavy atom. The number of fused-ring (bicyclic) bond motifs is 1. The highest BCUT2D eigenvalue weighted by Crippen LogP contribution is 2.27. The predicted molar refractivity (Wildman–Crippen MR) is 129 cm³/mol. The SMILES string of the molecule is CC[C@H](Sc1nc2ncccc2c(=O)n1Cc1ccccc1Cl)C(=O)Nc1ccc(F)cc1.